The summed E-state index contributed by atoms with van der Waals surface area (Å²) < 4.78 is 1.21. The SMILES string of the molecule is CN1CCN(Cc2ccc(CNC(=O)Cn3nc(-c4ccccc4)ccc3=O)cc2)CC1. The van der Waals surface area contributed by atoms with Crippen molar-refractivity contribution in [3.8, 4) is 11.3 Å². The molecule has 0 saturated carbocycles. The van der Waals surface area contributed by atoms with Crippen LogP contribution in [0.5, 0.6) is 0 Å². The fourth-order valence-electron chi connectivity index (χ4n) is 3.74. The number of aromatic nitrogens is 2. The van der Waals surface area contributed by atoms with Crippen LogP contribution in [0.15, 0.2) is 71.5 Å². The summed E-state index contributed by atoms with van der Waals surface area (Å²) in [6.07, 6.45) is 0. The van der Waals surface area contributed by atoms with E-state index in [2.05, 4.69) is 39.4 Å². The van der Waals surface area contributed by atoms with E-state index in [1.807, 2.05) is 42.5 Å². The number of piperazine rings is 1. The van der Waals surface area contributed by atoms with E-state index in [0.717, 1.165) is 43.9 Å². The molecule has 1 saturated heterocycles. The topological polar surface area (TPSA) is 70.5 Å². The molecule has 1 aliphatic rings. The lowest BCUT2D eigenvalue weighted by molar-refractivity contribution is -0.122. The van der Waals surface area contributed by atoms with E-state index in [-0.39, 0.29) is 18.0 Å². The number of hydrogen-bond donors (Lipinski definition) is 1. The maximum absolute atomic E-state index is 12.4. The van der Waals surface area contributed by atoms with Crippen molar-refractivity contribution in [3.63, 3.8) is 0 Å². The first-order valence-electron chi connectivity index (χ1n) is 11.0. The minimum absolute atomic E-state index is 0.110. The standard InChI is InChI=1S/C25H29N5O2/c1-28-13-15-29(16-14-28)18-21-9-7-20(8-10-21)17-26-24(31)19-30-25(32)12-11-23(27-30)22-5-3-2-4-6-22/h2-12H,13-19H2,1H3,(H,26,31). The first-order chi connectivity index (χ1) is 15.6. The molecule has 1 aliphatic heterocycles. The summed E-state index contributed by atoms with van der Waals surface area (Å²) in [4.78, 5) is 29.4. The molecule has 2 aromatic carbocycles. The lowest BCUT2D eigenvalue weighted by Crippen LogP contribution is -2.43. The molecular formula is C25H29N5O2. The number of carbonyl (C=O) groups excluding carboxylic acids is 1. The average Bonchev–Trinajstić information content (AvgIpc) is 2.82. The molecule has 7 nitrogen and oxygen atoms in total. The molecule has 0 atom stereocenters. The second kappa shape index (κ2) is 10.3. The van der Waals surface area contributed by atoms with Gasteiger partial charge in [-0.3, -0.25) is 14.5 Å². The van der Waals surface area contributed by atoms with E-state index in [0.29, 0.717) is 12.2 Å². The van der Waals surface area contributed by atoms with Crippen LogP contribution in [-0.4, -0.2) is 58.7 Å². The van der Waals surface area contributed by atoms with Gasteiger partial charge in [0.15, 0.2) is 0 Å². The molecule has 7 heteroatoms. The predicted octanol–water partition coefficient (Wildman–Crippen LogP) is 1.97. The minimum Gasteiger partial charge on any atom is -0.350 e. The van der Waals surface area contributed by atoms with Gasteiger partial charge in [-0.25, -0.2) is 4.68 Å². The van der Waals surface area contributed by atoms with Crippen molar-refractivity contribution in [2.45, 2.75) is 19.6 Å². The monoisotopic (exact) mass is 431 g/mol. The van der Waals surface area contributed by atoms with Gasteiger partial charge in [0.1, 0.15) is 6.54 Å². The normalized spacial score (nSPS) is 14.9. The fraction of sp³-hybridized carbons (Fsp3) is 0.320. The number of benzene rings is 2. The molecule has 1 fully saturated rings. The molecule has 1 aromatic heterocycles. The quantitative estimate of drug-likeness (QED) is 0.620. The summed E-state index contributed by atoms with van der Waals surface area (Å²) in [5, 5.41) is 7.23. The van der Waals surface area contributed by atoms with Gasteiger partial charge in [0.25, 0.3) is 5.56 Å². The van der Waals surface area contributed by atoms with Crippen LogP contribution in [0.2, 0.25) is 0 Å². The van der Waals surface area contributed by atoms with Crippen molar-refractivity contribution in [2.75, 3.05) is 33.2 Å². The highest BCUT2D eigenvalue weighted by molar-refractivity contribution is 5.75. The van der Waals surface area contributed by atoms with E-state index in [1.54, 1.807) is 6.07 Å². The highest BCUT2D eigenvalue weighted by Crippen LogP contribution is 2.14. The van der Waals surface area contributed by atoms with Gasteiger partial charge in [-0.05, 0) is 24.2 Å². The molecule has 1 amide bonds. The number of rotatable bonds is 7. The van der Waals surface area contributed by atoms with E-state index < -0.39 is 0 Å². The van der Waals surface area contributed by atoms with Crippen LogP contribution in [0.1, 0.15) is 11.1 Å². The Morgan fingerprint density at radius 1 is 0.906 bits per heavy atom. The smallest absolute Gasteiger partial charge is 0.267 e. The van der Waals surface area contributed by atoms with Gasteiger partial charge in [-0.2, -0.15) is 5.10 Å². The summed E-state index contributed by atoms with van der Waals surface area (Å²) >= 11 is 0. The molecular weight excluding hydrogens is 402 g/mol. The second-order valence-corrected chi connectivity index (χ2v) is 8.25. The fourth-order valence-corrected chi connectivity index (χ4v) is 3.74. The first-order valence-corrected chi connectivity index (χ1v) is 11.0. The molecule has 0 bridgehead atoms. The number of amides is 1. The second-order valence-electron chi connectivity index (χ2n) is 8.25. The Kier molecular flexibility index (Phi) is 7.09. The Morgan fingerprint density at radius 2 is 1.59 bits per heavy atom. The number of nitrogens with one attached hydrogen (secondary N) is 1. The van der Waals surface area contributed by atoms with Crippen molar-refractivity contribution in [3.05, 3.63) is 88.2 Å². The highest BCUT2D eigenvalue weighted by Gasteiger charge is 2.14. The molecule has 2 heterocycles. The zero-order chi connectivity index (χ0) is 22.3. The lowest BCUT2D eigenvalue weighted by atomic mass is 10.1. The van der Waals surface area contributed by atoms with E-state index >= 15 is 0 Å². The molecule has 0 unspecified atom stereocenters. The third-order valence-corrected chi connectivity index (χ3v) is 5.74. The number of carbonyl (C=O) groups is 1. The van der Waals surface area contributed by atoms with Crippen LogP contribution in [0.25, 0.3) is 11.3 Å². The van der Waals surface area contributed by atoms with E-state index in [1.165, 1.54) is 16.3 Å². The van der Waals surface area contributed by atoms with Gasteiger partial charge in [0.2, 0.25) is 5.91 Å². The third-order valence-electron chi connectivity index (χ3n) is 5.74. The van der Waals surface area contributed by atoms with Gasteiger partial charge in [0, 0.05) is 50.9 Å². The van der Waals surface area contributed by atoms with Crippen LogP contribution in [0, 0.1) is 0 Å². The summed E-state index contributed by atoms with van der Waals surface area (Å²) in [7, 11) is 2.16. The summed E-state index contributed by atoms with van der Waals surface area (Å²) in [5.41, 5.74) is 3.57. The zero-order valence-electron chi connectivity index (χ0n) is 18.4. The average molecular weight is 432 g/mol. The number of likely N-dealkylation sites (N-methyl/N-ethyl adjacent to an activating group) is 1. The molecule has 0 radical (unpaired) electrons. The highest BCUT2D eigenvalue weighted by atomic mass is 16.2. The van der Waals surface area contributed by atoms with Gasteiger partial charge in [0.05, 0.1) is 5.69 Å². The van der Waals surface area contributed by atoms with E-state index in [9.17, 15) is 9.59 Å². The number of hydrogen-bond acceptors (Lipinski definition) is 5. The van der Waals surface area contributed by atoms with Crippen LogP contribution < -0.4 is 10.9 Å². The molecule has 0 spiro atoms. The van der Waals surface area contributed by atoms with Crippen LogP contribution in [0.4, 0.5) is 0 Å². The molecule has 0 aliphatic carbocycles. The summed E-state index contributed by atoms with van der Waals surface area (Å²) in [5.74, 6) is -0.244. The predicted molar refractivity (Wildman–Crippen MR) is 125 cm³/mol. The zero-order valence-corrected chi connectivity index (χ0v) is 18.4. The summed E-state index contributed by atoms with van der Waals surface area (Å²) in [6.45, 7) is 5.65. The number of nitrogens with zero attached hydrogens (tertiary/aromatic N) is 4. The third kappa shape index (κ3) is 5.90. The Bertz CT molecular complexity index is 1090. The van der Waals surface area contributed by atoms with Gasteiger partial charge in [-0.1, -0.05) is 54.6 Å². The van der Waals surface area contributed by atoms with Crippen LogP contribution in [0.3, 0.4) is 0 Å². The molecule has 3 aromatic rings. The maximum atomic E-state index is 12.4. The van der Waals surface area contributed by atoms with Gasteiger partial charge < -0.3 is 10.2 Å². The summed E-state index contributed by atoms with van der Waals surface area (Å²) in [6, 6.07) is 21.0. The lowest BCUT2D eigenvalue weighted by Gasteiger charge is -2.32. The molecule has 4 rings (SSSR count). The van der Waals surface area contributed by atoms with Crippen molar-refractivity contribution < 1.29 is 4.79 Å². The molecule has 1 N–H and O–H groups in total. The van der Waals surface area contributed by atoms with Crippen molar-refractivity contribution >= 4 is 5.91 Å². The maximum Gasteiger partial charge on any atom is 0.267 e. The Labute approximate surface area is 188 Å². The first kappa shape index (κ1) is 21.9. The van der Waals surface area contributed by atoms with Crippen molar-refractivity contribution in [1.29, 1.82) is 0 Å². The van der Waals surface area contributed by atoms with Crippen LogP contribution in [-0.2, 0) is 24.4 Å². The van der Waals surface area contributed by atoms with Gasteiger partial charge >= 0.3 is 0 Å². The van der Waals surface area contributed by atoms with Crippen molar-refractivity contribution in [2.24, 2.45) is 0 Å². The molecule has 32 heavy (non-hydrogen) atoms. The molecule has 166 valence electrons. The Hall–Kier alpha value is -3.29. The minimum atomic E-state index is -0.298. The Morgan fingerprint density at radius 3 is 2.31 bits per heavy atom. The van der Waals surface area contributed by atoms with Crippen molar-refractivity contribution in [1.82, 2.24) is 24.9 Å². The van der Waals surface area contributed by atoms with Crippen LogP contribution >= 0.6 is 0 Å². The Balaban J connectivity index is 1.30. The largest absolute Gasteiger partial charge is 0.350 e. The van der Waals surface area contributed by atoms with Gasteiger partial charge in [-0.15, -0.1) is 0 Å². The van der Waals surface area contributed by atoms with E-state index in [4.69, 9.17) is 0 Å².